The van der Waals surface area contributed by atoms with Gasteiger partial charge in [-0.15, -0.1) is 0 Å². The number of hydrogen-bond acceptors (Lipinski definition) is 4. The van der Waals surface area contributed by atoms with Crippen molar-refractivity contribution in [1.82, 2.24) is 5.32 Å². The molecule has 1 saturated heterocycles. The molecule has 0 bridgehead atoms. The molecule has 180 valence electrons. The Balaban J connectivity index is 1.84. The Morgan fingerprint density at radius 1 is 1.09 bits per heavy atom. The van der Waals surface area contributed by atoms with Crippen LogP contribution in [-0.2, 0) is 15.8 Å². The normalized spacial score (nSPS) is 16.5. The lowest BCUT2D eigenvalue weighted by molar-refractivity contribution is -0.137. The van der Waals surface area contributed by atoms with Gasteiger partial charge in [-0.2, -0.15) is 13.2 Å². The van der Waals surface area contributed by atoms with Gasteiger partial charge in [-0.1, -0.05) is 43.3 Å². The van der Waals surface area contributed by atoms with Crippen LogP contribution in [-0.4, -0.2) is 23.0 Å². The number of nitrogens with one attached hydrogen (secondary N) is 1. The molecule has 0 aliphatic carbocycles. The van der Waals surface area contributed by atoms with Crippen molar-refractivity contribution in [3.8, 4) is 5.75 Å². The predicted octanol–water partition coefficient (Wildman–Crippen LogP) is 5.87. The third-order valence-corrected chi connectivity index (χ3v) is 5.94. The van der Waals surface area contributed by atoms with Gasteiger partial charge in [0.1, 0.15) is 11.3 Å². The zero-order valence-corrected chi connectivity index (χ0v) is 19.7. The first-order valence-corrected chi connectivity index (χ1v) is 11.3. The maximum atomic E-state index is 13.4. The molecule has 9 heteroatoms. The van der Waals surface area contributed by atoms with E-state index < -0.39 is 23.6 Å². The van der Waals surface area contributed by atoms with Gasteiger partial charge >= 0.3 is 6.18 Å². The number of carbonyl (C=O) groups excluding carboxylic acids is 2. The summed E-state index contributed by atoms with van der Waals surface area (Å²) in [7, 11) is 0. The fourth-order valence-electron chi connectivity index (χ4n) is 3.68. The van der Waals surface area contributed by atoms with Gasteiger partial charge in [-0.3, -0.25) is 19.8 Å². The molecule has 0 unspecified atom stereocenters. The standard InChI is InChI=1S/C26H21F3N2O3S/c1-3-15(2)34-22-12-11-16-7-4-5-10-19(16)20(22)14-21-23(32)30-25(35)31(24(21)33)18-9-6-8-17(13-18)26(27,28)29/h4-15H,3H2,1-2H3,(H,30,32,35)/b21-14+/t15-/m0/s1. The Morgan fingerprint density at radius 2 is 1.83 bits per heavy atom. The number of fused-ring (bicyclic) bond motifs is 1. The number of alkyl halides is 3. The lowest BCUT2D eigenvalue weighted by Gasteiger charge is -2.29. The van der Waals surface area contributed by atoms with Crippen LogP contribution in [0.1, 0.15) is 31.4 Å². The predicted molar refractivity (Wildman–Crippen MR) is 132 cm³/mol. The number of nitrogens with zero attached hydrogens (tertiary/aromatic N) is 1. The van der Waals surface area contributed by atoms with Crippen LogP contribution in [0.15, 0.2) is 66.2 Å². The molecule has 1 atom stereocenters. The van der Waals surface area contributed by atoms with E-state index in [-0.39, 0.29) is 22.5 Å². The molecule has 3 aromatic carbocycles. The Bertz CT molecular complexity index is 1370. The van der Waals surface area contributed by atoms with E-state index in [4.69, 9.17) is 17.0 Å². The van der Waals surface area contributed by atoms with Gasteiger partial charge < -0.3 is 4.74 Å². The number of hydrogen-bond donors (Lipinski definition) is 1. The van der Waals surface area contributed by atoms with E-state index in [9.17, 15) is 22.8 Å². The average Bonchev–Trinajstić information content (AvgIpc) is 2.82. The van der Waals surface area contributed by atoms with Crippen molar-refractivity contribution in [3.05, 3.63) is 77.4 Å². The highest BCUT2D eigenvalue weighted by atomic mass is 32.1. The number of anilines is 1. The summed E-state index contributed by atoms with van der Waals surface area (Å²) in [6.45, 7) is 3.87. The number of thiocarbonyl (C=S) groups is 1. The van der Waals surface area contributed by atoms with Crippen molar-refractivity contribution in [3.63, 3.8) is 0 Å². The van der Waals surface area contributed by atoms with Gasteiger partial charge in [-0.25, -0.2) is 0 Å². The zero-order valence-electron chi connectivity index (χ0n) is 18.8. The lowest BCUT2D eigenvalue weighted by atomic mass is 9.99. The maximum Gasteiger partial charge on any atom is 0.416 e. The zero-order chi connectivity index (χ0) is 25.3. The van der Waals surface area contributed by atoms with E-state index in [0.717, 1.165) is 34.2 Å². The van der Waals surface area contributed by atoms with E-state index in [1.54, 1.807) is 6.07 Å². The van der Waals surface area contributed by atoms with E-state index in [0.29, 0.717) is 11.3 Å². The molecule has 1 heterocycles. The maximum absolute atomic E-state index is 13.4. The molecule has 3 aromatic rings. The summed E-state index contributed by atoms with van der Waals surface area (Å²) >= 11 is 5.13. The molecule has 0 spiro atoms. The van der Waals surface area contributed by atoms with Gasteiger partial charge in [-0.05, 0) is 66.7 Å². The Morgan fingerprint density at radius 3 is 2.54 bits per heavy atom. The van der Waals surface area contributed by atoms with Crippen LogP contribution < -0.4 is 15.0 Å². The third kappa shape index (κ3) is 4.90. The number of ether oxygens (including phenoxy) is 1. The summed E-state index contributed by atoms with van der Waals surface area (Å²) in [5.41, 5.74) is -0.805. The van der Waals surface area contributed by atoms with Crippen LogP contribution in [0.2, 0.25) is 0 Å². The molecule has 1 N–H and O–H groups in total. The van der Waals surface area contributed by atoms with Gasteiger partial charge in [0.2, 0.25) is 0 Å². The Kier molecular flexibility index (Phi) is 6.62. The van der Waals surface area contributed by atoms with E-state index in [2.05, 4.69) is 5.32 Å². The van der Waals surface area contributed by atoms with Crippen molar-refractivity contribution in [1.29, 1.82) is 0 Å². The molecule has 1 aliphatic rings. The minimum Gasteiger partial charge on any atom is -0.490 e. The van der Waals surface area contributed by atoms with Gasteiger partial charge in [0, 0.05) is 5.56 Å². The van der Waals surface area contributed by atoms with Crippen LogP contribution in [0.5, 0.6) is 5.75 Å². The van der Waals surface area contributed by atoms with Crippen molar-refractivity contribution >= 4 is 51.7 Å². The molecule has 4 rings (SSSR count). The largest absolute Gasteiger partial charge is 0.490 e. The minimum atomic E-state index is -4.61. The van der Waals surface area contributed by atoms with Crippen LogP contribution in [0.25, 0.3) is 16.8 Å². The summed E-state index contributed by atoms with van der Waals surface area (Å²) in [6.07, 6.45) is -2.60. The van der Waals surface area contributed by atoms with E-state index >= 15 is 0 Å². The van der Waals surface area contributed by atoms with Crippen molar-refractivity contribution in [2.24, 2.45) is 0 Å². The highest BCUT2D eigenvalue weighted by Gasteiger charge is 2.37. The molecular formula is C26H21F3N2O3S. The van der Waals surface area contributed by atoms with Crippen LogP contribution in [0.3, 0.4) is 0 Å². The summed E-state index contributed by atoms with van der Waals surface area (Å²) < 4.78 is 45.8. The number of rotatable bonds is 5. The Hall–Kier alpha value is -3.72. The first kappa shape index (κ1) is 24.4. The van der Waals surface area contributed by atoms with Crippen LogP contribution in [0.4, 0.5) is 18.9 Å². The third-order valence-electron chi connectivity index (χ3n) is 5.66. The second-order valence-electron chi connectivity index (χ2n) is 8.04. The quantitative estimate of drug-likeness (QED) is 0.272. The van der Waals surface area contributed by atoms with Crippen molar-refractivity contribution < 1.29 is 27.5 Å². The highest BCUT2D eigenvalue weighted by molar-refractivity contribution is 7.80. The topological polar surface area (TPSA) is 58.6 Å². The Labute approximate surface area is 205 Å². The molecule has 1 fully saturated rings. The van der Waals surface area contributed by atoms with Crippen LogP contribution >= 0.6 is 12.2 Å². The first-order valence-electron chi connectivity index (χ1n) is 10.9. The number of benzene rings is 3. The average molecular weight is 499 g/mol. The van der Waals surface area contributed by atoms with Gasteiger partial charge in [0.05, 0.1) is 17.4 Å². The molecule has 0 aromatic heterocycles. The highest BCUT2D eigenvalue weighted by Crippen LogP contribution is 2.34. The molecule has 0 saturated carbocycles. The minimum absolute atomic E-state index is 0.102. The number of carbonyl (C=O) groups is 2. The van der Waals surface area contributed by atoms with E-state index in [1.807, 2.05) is 44.2 Å². The second-order valence-corrected chi connectivity index (χ2v) is 8.43. The molecular weight excluding hydrogens is 477 g/mol. The summed E-state index contributed by atoms with van der Waals surface area (Å²) in [5, 5.41) is 3.73. The molecule has 2 amide bonds. The smallest absolute Gasteiger partial charge is 0.416 e. The fourth-order valence-corrected chi connectivity index (χ4v) is 3.97. The van der Waals surface area contributed by atoms with E-state index in [1.165, 1.54) is 18.2 Å². The second kappa shape index (κ2) is 9.50. The molecule has 0 radical (unpaired) electrons. The lowest BCUT2D eigenvalue weighted by Crippen LogP contribution is -2.54. The fraction of sp³-hybridized carbons (Fsp3) is 0.192. The molecule has 35 heavy (non-hydrogen) atoms. The molecule has 5 nitrogen and oxygen atoms in total. The first-order chi connectivity index (χ1) is 16.6. The van der Waals surface area contributed by atoms with Gasteiger partial charge in [0.25, 0.3) is 11.8 Å². The number of halogens is 3. The van der Waals surface area contributed by atoms with Crippen molar-refractivity contribution in [2.45, 2.75) is 32.5 Å². The monoisotopic (exact) mass is 498 g/mol. The SMILES string of the molecule is CC[C@H](C)Oc1ccc2ccccc2c1/C=C1\C(=O)NC(=S)N(c2cccc(C(F)(F)F)c2)C1=O. The summed E-state index contributed by atoms with van der Waals surface area (Å²) in [5.74, 6) is -1.10. The summed E-state index contributed by atoms with van der Waals surface area (Å²) in [6, 6.07) is 15.3. The van der Waals surface area contributed by atoms with Crippen LogP contribution in [0, 0.1) is 0 Å². The van der Waals surface area contributed by atoms with Crippen molar-refractivity contribution in [2.75, 3.05) is 4.90 Å². The molecule has 1 aliphatic heterocycles. The number of amides is 2. The van der Waals surface area contributed by atoms with Gasteiger partial charge in [0.15, 0.2) is 5.11 Å². The summed E-state index contributed by atoms with van der Waals surface area (Å²) in [4.78, 5) is 27.1.